The first-order valence-electron chi connectivity index (χ1n) is 6.17. The molecule has 114 valence electrons. The van der Waals surface area contributed by atoms with Crippen LogP contribution in [0.3, 0.4) is 0 Å². The minimum absolute atomic E-state index is 0.139. The molecule has 0 aromatic carbocycles. The molecule has 9 nitrogen and oxygen atoms in total. The van der Waals surface area contributed by atoms with Crippen molar-refractivity contribution in [3.05, 3.63) is 30.0 Å². The first kappa shape index (κ1) is 15.2. The average molecular weight is 313 g/mol. The van der Waals surface area contributed by atoms with E-state index in [2.05, 4.69) is 24.9 Å². The molecule has 0 bridgehead atoms. The summed E-state index contributed by atoms with van der Waals surface area (Å²) in [6.45, 7) is 3.39. The number of aromatic amines is 2. The molecule has 2 heterocycles. The Bertz CT molecular complexity index is 707. The van der Waals surface area contributed by atoms with Crippen LogP contribution in [-0.2, 0) is 14.8 Å². The zero-order chi connectivity index (χ0) is 15.5. The summed E-state index contributed by atoms with van der Waals surface area (Å²) in [5.74, 6) is -0.298. The third kappa shape index (κ3) is 3.28. The van der Waals surface area contributed by atoms with Gasteiger partial charge in [-0.15, -0.1) is 0 Å². The van der Waals surface area contributed by atoms with E-state index in [1.807, 2.05) is 0 Å². The lowest BCUT2D eigenvalue weighted by Gasteiger charge is -2.11. The van der Waals surface area contributed by atoms with Gasteiger partial charge in [-0.05, 0) is 13.8 Å². The van der Waals surface area contributed by atoms with Crippen LogP contribution in [0.1, 0.15) is 36.1 Å². The van der Waals surface area contributed by atoms with E-state index in [-0.39, 0.29) is 17.2 Å². The fourth-order valence-electron chi connectivity index (χ4n) is 1.70. The number of hydrogen-bond acceptors (Lipinski definition) is 6. The molecule has 0 saturated heterocycles. The van der Waals surface area contributed by atoms with Crippen molar-refractivity contribution in [3.63, 3.8) is 0 Å². The second kappa shape index (κ2) is 6.06. The van der Waals surface area contributed by atoms with Crippen LogP contribution in [0.15, 0.2) is 23.6 Å². The predicted molar refractivity (Wildman–Crippen MR) is 71.9 cm³/mol. The van der Waals surface area contributed by atoms with E-state index in [0.29, 0.717) is 5.82 Å². The molecular weight excluding hydrogens is 298 g/mol. The number of ether oxygens (including phenoxy) is 1. The molecule has 2 aromatic rings. The van der Waals surface area contributed by atoms with E-state index >= 15 is 0 Å². The molecule has 2 aromatic heterocycles. The van der Waals surface area contributed by atoms with E-state index in [1.54, 1.807) is 20.0 Å². The number of carbonyl (C=O) groups is 1. The lowest BCUT2D eigenvalue weighted by atomic mass is 10.3. The summed E-state index contributed by atoms with van der Waals surface area (Å²) in [6.07, 6.45) is 4.21. The third-order valence-electron chi connectivity index (χ3n) is 2.63. The smallest absolute Gasteiger partial charge is 0.342 e. The number of rotatable bonds is 6. The van der Waals surface area contributed by atoms with E-state index in [9.17, 15) is 13.2 Å². The first-order chi connectivity index (χ1) is 9.95. The predicted octanol–water partition coefficient (Wildman–Crippen LogP) is 0.349. The van der Waals surface area contributed by atoms with Crippen LogP contribution in [0, 0.1) is 0 Å². The van der Waals surface area contributed by atoms with Crippen molar-refractivity contribution < 1.29 is 17.9 Å². The van der Waals surface area contributed by atoms with Crippen LogP contribution in [0.2, 0.25) is 0 Å². The molecule has 0 aliphatic rings. The Morgan fingerprint density at radius 3 is 2.90 bits per heavy atom. The van der Waals surface area contributed by atoms with Gasteiger partial charge in [-0.25, -0.2) is 18.2 Å². The fourth-order valence-corrected chi connectivity index (χ4v) is 2.99. The molecule has 0 aliphatic carbocycles. The Morgan fingerprint density at radius 2 is 2.29 bits per heavy atom. The Morgan fingerprint density at radius 1 is 1.52 bits per heavy atom. The molecule has 0 spiro atoms. The molecule has 0 fully saturated rings. The normalized spacial score (nSPS) is 13.0. The fraction of sp³-hybridized carbons (Fsp3) is 0.364. The van der Waals surface area contributed by atoms with Crippen molar-refractivity contribution in [2.24, 2.45) is 0 Å². The van der Waals surface area contributed by atoms with Gasteiger partial charge in [0, 0.05) is 12.4 Å². The van der Waals surface area contributed by atoms with Gasteiger partial charge >= 0.3 is 5.97 Å². The van der Waals surface area contributed by atoms with Crippen LogP contribution in [-0.4, -0.2) is 41.2 Å². The summed E-state index contributed by atoms with van der Waals surface area (Å²) in [4.78, 5) is 18.5. The molecular formula is C11H15N5O4S. The number of nitrogens with one attached hydrogen (secondary N) is 3. The number of hydrogen-bond donors (Lipinski definition) is 3. The number of H-pyrrole nitrogens is 2. The first-order valence-corrected chi connectivity index (χ1v) is 7.66. The quantitative estimate of drug-likeness (QED) is 0.660. The van der Waals surface area contributed by atoms with Crippen molar-refractivity contribution >= 4 is 16.0 Å². The molecule has 1 atom stereocenters. The van der Waals surface area contributed by atoms with Crippen LogP contribution < -0.4 is 4.72 Å². The van der Waals surface area contributed by atoms with Crippen molar-refractivity contribution in [1.29, 1.82) is 0 Å². The summed E-state index contributed by atoms with van der Waals surface area (Å²) in [6, 6.07) is -0.594. The number of esters is 1. The molecule has 3 N–H and O–H groups in total. The summed E-state index contributed by atoms with van der Waals surface area (Å²) < 4.78 is 31.8. The van der Waals surface area contributed by atoms with Gasteiger partial charge in [0.2, 0.25) is 0 Å². The molecule has 21 heavy (non-hydrogen) atoms. The number of imidazole rings is 1. The highest BCUT2D eigenvalue weighted by Crippen LogP contribution is 2.16. The highest BCUT2D eigenvalue weighted by atomic mass is 32.2. The third-order valence-corrected chi connectivity index (χ3v) is 4.14. The van der Waals surface area contributed by atoms with Gasteiger partial charge in [0.1, 0.15) is 11.4 Å². The Balaban J connectivity index is 2.24. The molecule has 10 heteroatoms. The summed E-state index contributed by atoms with van der Waals surface area (Å²) >= 11 is 0. The highest BCUT2D eigenvalue weighted by molar-refractivity contribution is 7.89. The standard InChI is InChI=1S/C11H15N5O4S/c1-3-20-11(17)8-6-14-15-10(8)21(18,19)16-7(2)9-12-4-5-13-9/h4-7,16H,3H2,1-2H3,(H,12,13)(H,14,15). The summed E-state index contributed by atoms with van der Waals surface area (Å²) in [5, 5.41) is 5.56. The van der Waals surface area contributed by atoms with Crippen molar-refractivity contribution in [2.45, 2.75) is 24.9 Å². The summed E-state index contributed by atoms with van der Waals surface area (Å²) in [7, 11) is -3.97. The largest absolute Gasteiger partial charge is 0.462 e. The SMILES string of the molecule is CCOC(=O)c1cn[nH]c1S(=O)(=O)NC(C)c1ncc[nH]1. The topological polar surface area (TPSA) is 130 Å². The summed E-state index contributed by atoms with van der Waals surface area (Å²) in [5.41, 5.74) is -0.143. The van der Waals surface area contributed by atoms with Gasteiger partial charge in [0.15, 0.2) is 5.03 Å². The maximum atomic E-state index is 12.3. The molecule has 0 amide bonds. The Labute approximate surface area is 121 Å². The molecule has 0 aliphatic heterocycles. The number of nitrogens with zero attached hydrogens (tertiary/aromatic N) is 2. The van der Waals surface area contributed by atoms with Crippen LogP contribution >= 0.6 is 0 Å². The van der Waals surface area contributed by atoms with Gasteiger partial charge in [0.05, 0.1) is 18.8 Å². The van der Waals surface area contributed by atoms with Gasteiger partial charge in [-0.2, -0.15) is 9.82 Å². The molecule has 2 rings (SSSR count). The zero-order valence-electron chi connectivity index (χ0n) is 11.5. The average Bonchev–Trinajstić information content (AvgIpc) is 3.10. The van der Waals surface area contributed by atoms with E-state index in [0.717, 1.165) is 6.20 Å². The zero-order valence-corrected chi connectivity index (χ0v) is 12.3. The van der Waals surface area contributed by atoms with E-state index < -0.39 is 22.0 Å². The molecule has 0 saturated carbocycles. The number of sulfonamides is 1. The second-order valence-electron chi connectivity index (χ2n) is 4.15. The van der Waals surface area contributed by atoms with E-state index in [4.69, 9.17) is 4.74 Å². The highest BCUT2D eigenvalue weighted by Gasteiger charge is 2.28. The van der Waals surface area contributed by atoms with Crippen LogP contribution in [0.5, 0.6) is 0 Å². The molecule has 1 unspecified atom stereocenters. The Hall–Kier alpha value is -2.20. The molecule has 0 radical (unpaired) electrons. The minimum atomic E-state index is -3.97. The van der Waals surface area contributed by atoms with Crippen LogP contribution in [0.4, 0.5) is 0 Å². The maximum absolute atomic E-state index is 12.3. The van der Waals surface area contributed by atoms with Crippen molar-refractivity contribution in [2.75, 3.05) is 6.61 Å². The van der Waals surface area contributed by atoms with Crippen molar-refractivity contribution in [3.8, 4) is 0 Å². The number of carbonyl (C=O) groups excluding carboxylic acids is 1. The monoisotopic (exact) mass is 313 g/mol. The van der Waals surface area contributed by atoms with Crippen molar-refractivity contribution in [1.82, 2.24) is 24.9 Å². The minimum Gasteiger partial charge on any atom is -0.462 e. The lowest BCUT2D eigenvalue weighted by molar-refractivity contribution is 0.0522. The van der Waals surface area contributed by atoms with Gasteiger partial charge in [-0.1, -0.05) is 0 Å². The van der Waals surface area contributed by atoms with Crippen LogP contribution in [0.25, 0.3) is 0 Å². The maximum Gasteiger partial charge on any atom is 0.342 e. The number of aromatic nitrogens is 4. The second-order valence-corrected chi connectivity index (χ2v) is 5.80. The van der Waals surface area contributed by atoms with E-state index in [1.165, 1.54) is 6.20 Å². The Kier molecular flexibility index (Phi) is 4.38. The van der Waals surface area contributed by atoms with Gasteiger partial charge in [-0.3, -0.25) is 5.10 Å². The van der Waals surface area contributed by atoms with Gasteiger partial charge in [0.25, 0.3) is 10.0 Å². The van der Waals surface area contributed by atoms with Gasteiger partial charge < -0.3 is 9.72 Å². The lowest BCUT2D eigenvalue weighted by Crippen LogP contribution is -2.29.